The molecule has 0 fully saturated rings. The number of carboxylic acid groups (broad SMARTS) is 1. The fourth-order valence-corrected chi connectivity index (χ4v) is 1.68. The van der Waals surface area contributed by atoms with Crippen LogP contribution < -0.4 is 5.69 Å². The van der Waals surface area contributed by atoms with Crippen LogP contribution in [0, 0.1) is 0 Å². The van der Waals surface area contributed by atoms with E-state index in [9.17, 15) is 9.59 Å². The number of aromatic nitrogens is 2. The van der Waals surface area contributed by atoms with Gasteiger partial charge in [0.2, 0.25) is 0 Å². The highest BCUT2D eigenvalue weighted by Crippen LogP contribution is 2.09. The fourth-order valence-electron chi connectivity index (χ4n) is 1.68. The van der Waals surface area contributed by atoms with Crippen LogP contribution in [0.3, 0.4) is 0 Å². The number of rotatable bonds is 3. The standard InChI is InChI=1S/C12H12N2O3/c1-13-6-7-14(12(13)17)8-9-4-2-3-5-10(9)11(15)16/h2-7H,8H2,1H3,(H,15,16). The summed E-state index contributed by atoms with van der Waals surface area (Å²) in [6.45, 7) is 0.266. The normalized spacial score (nSPS) is 10.4. The van der Waals surface area contributed by atoms with Crippen molar-refractivity contribution in [2.75, 3.05) is 0 Å². The van der Waals surface area contributed by atoms with E-state index in [-0.39, 0.29) is 17.8 Å². The molecule has 0 spiro atoms. The van der Waals surface area contributed by atoms with Gasteiger partial charge in [-0.3, -0.25) is 4.57 Å². The molecule has 1 N–H and O–H groups in total. The van der Waals surface area contributed by atoms with Gasteiger partial charge in [0.1, 0.15) is 0 Å². The summed E-state index contributed by atoms with van der Waals surface area (Å²) in [5, 5.41) is 9.03. The molecule has 0 bridgehead atoms. The highest BCUT2D eigenvalue weighted by molar-refractivity contribution is 5.89. The van der Waals surface area contributed by atoms with Crippen LogP contribution in [0.5, 0.6) is 0 Å². The lowest BCUT2D eigenvalue weighted by molar-refractivity contribution is 0.0695. The van der Waals surface area contributed by atoms with Crippen LogP contribution in [0.1, 0.15) is 15.9 Å². The van der Waals surface area contributed by atoms with E-state index in [2.05, 4.69) is 0 Å². The molecule has 1 aromatic carbocycles. The predicted octanol–water partition coefficient (Wildman–Crippen LogP) is 0.933. The number of hydrogen-bond donors (Lipinski definition) is 1. The number of imidazole rings is 1. The van der Waals surface area contributed by atoms with E-state index >= 15 is 0 Å². The Morgan fingerprint density at radius 3 is 2.59 bits per heavy atom. The molecule has 2 aromatic rings. The van der Waals surface area contributed by atoms with E-state index < -0.39 is 5.97 Å². The second kappa shape index (κ2) is 4.29. The zero-order valence-electron chi connectivity index (χ0n) is 9.33. The molecule has 0 saturated carbocycles. The number of carbonyl (C=O) groups is 1. The summed E-state index contributed by atoms with van der Waals surface area (Å²) in [5.74, 6) is -0.982. The quantitative estimate of drug-likeness (QED) is 0.856. The Bertz CT molecular complexity index is 610. The molecule has 0 aliphatic heterocycles. The van der Waals surface area contributed by atoms with Gasteiger partial charge < -0.3 is 9.67 Å². The summed E-state index contributed by atoms with van der Waals surface area (Å²) >= 11 is 0. The first-order valence-corrected chi connectivity index (χ1v) is 5.12. The van der Waals surface area contributed by atoms with E-state index in [1.165, 1.54) is 15.2 Å². The molecule has 88 valence electrons. The molecule has 0 aliphatic carbocycles. The fraction of sp³-hybridized carbons (Fsp3) is 0.167. The van der Waals surface area contributed by atoms with Gasteiger partial charge in [0.15, 0.2) is 0 Å². The van der Waals surface area contributed by atoms with Gasteiger partial charge in [-0.25, -0.2) is 9.59 Å². The number of hydrogen-bond acceptors (Lipinski definition) is 2. The maximum absolute atomic E-state index is 11.6. The Balaban J connectivity index is 2.40. The summed E-state index contributed by atoms with van der Waals surface area (Å²) < 4.78 is 2.92. The first-order valence-electron chi connectivity index (χ1n) is 5.12. The van der Waals surface area contributed by atoms with Crippen LogP contribution in [-0.4, -0.2) is 20.2 Å². The molecular weight excluding hydrogens is 220 g/mol. The van der Waals surface area contributed by atoms with Gasteiger partial charge in [-0.1, -0.05) is 18.2 Å². The highest BCUT2D eigenvalue weighted by atomic mass is 16.4. The topological polar surface area (TPSA) is 64.2 Å². The Morgan fingerprint density at radius 2 is 2.00 bits per heavy atom. The third-order valence-corrected chi connectivity index (χ3v) is 2.61. The second-order valence-electron chi connectivity index (χ2n) is 3.78. The lowest BCUT2D eigenvalue weighted by Crippen LogP contribution is -2.23. The molecule has 5 nitrogen and oxygen atoms in total. The van der Waals surface area contributed by atoms with E-state index in [0.717, 1.165) is 0 Å². The van der Waals surface area contributed by atoms with Crippen LogP contribution in [0.2, 0.25) is 0 Å². The van der Waals surface area contributed by atoms with Gasteiger partial charge in [0.25, 0.3) is 0 Å². The molecule has 1 aromatic heterocycles. The third kappa shape index (κ3) is 2.13. The van der Waals surface area contributed by atoms with Gasteiger partial charge in [-0.2, -0.15) is 0 Å². The van der Waals surface area contributed by atoms with E-state index in [0.29, 0.717) is 5.56 Å². The number of aromatic carboxylic acids is 1. The molecule has 2 rings (SSSR count). The smallest absolute Gasteiger partial charge is 0.336 e. The lowest BCUT2D eigenvalue weighted by atomic mass is 10.1. The van der Waals surface area contributed by atoms with Crippen molar-refractivity contribution in [2.45, 2.75) is 6.54 Å². The van der Waals surface area contributed by atoms with Crippen LogP contribution >= 0.6 is 0 Å². The van der Waals surface area contributed by atoms with Crippen LogP contribution in [0.15, 0.2) is 41.5 Å². The molecule has 1 heterocycles. The molecular formula is C12H12N2O3. The molecule has 0 aliphatic rings. The zero-order chi connectivity index (χ0) is 12.4. The second-order valence-corrected chi connectivity index (χ2v) is 3.78. The van der Waals surface area contributed by atoms with Crippen molar-refractivity contribution < 1.29 is 9.90 Å². The molecule has 0 amide bonds. The summed E-state index contributed by atoms with van der Waals surface area (Å²) in [7, 11) is 1.65. The molecule has 17 heavy (non-hydrogen) atoms. The molecule has 0 unspecified atom stereocenters. The SMILES string of the molecule is Cn1ccn(Cc2ccccc2C(=O)O)c1=O. The Hall–Kier alpha value is -2.30. The van der Waals surface area contributed by atoms with Gasteiger partial charge in [-0.05, 0) is 11.6 Å². The first kappa shape index (κ1) is 11.2. The highest BCUT2D eigenvalue weighted by Gasteiger charge is 2.10. The molecule has 0 atom stereocenters. The Kier molecular flexibility index (Phi) is 2.82. The third-order valence-electron chi connectivity index (χ3n) is 2.61. The van der Waals surface area contributed by atoms with Crippen molar-refractivity contribution in [1.82, 2.24) is 9.13 Å². The van der Waals surface area contributed by atoms with Crippen molar-refractivity contribution in [1.29, 1.82) is 0 Å². The number of carboxylic acids is 1. The summed E-state index contributed by atoms with van der Waals surface area (Å²) in [4.78, 5) is 22.6. The van der Waals surface area contributed by atoms with Gasteiger partial charge in [0, 0.05) is 19.4 Å². The minimum atomic E-state index is -0.982. The van der Waals surface area contributed by atoms with Crippen LogP contribution in [0.4, 0.5) is 0 Å². The molecule has 0 saturated heterocycles. The van der Waals surface area contributed by atoms with Gasteiger partial charge >= 0.3 is 11.7 Å². The van der Waals surface area contributed by atoms with E-state index in [1.54, 1.807) is 37.6 Å². The van der Waals surface area contributed by atoms with Crippen LogP contribution in [-0.2, 0) is 13.6 Å². The summed E-state index contributed by atoms with van der Waals surface area (Å²) in [6.07, 6.45) is 3.28. The largest absolute Gasteiger partial charge is 0.478 e. The maximum Gasteiger partial charge on any atom is 0.336 e. The average Bonchev–Trinajstić information content (AvgIpc) is 2.61. The van der Waals surface area contributed by atoms with E-state index in [1.807, 2.05) is 0 Å². The number of aryl methyl sites for hydroxylation is 1. The zero-order valence-corrected chi connectivity index (χ0v) is 9.33. The van der Waals surface area contributed by atoms with E-state index in [4.69, 9.17) is 5.11 Å². The van der Waals surface area contributed by atoms with Crippen molar-refractivity contribution in [2.24, 2.45) is 7.05 Å². The monoisotopic (exact) mass is 232 g/mol. The Labute approximate surface area is 97.5 Å². The minimum absolute atomic E-state index is 0.162. The summed E-state index contributed by atoms with van der Waals surface area (Å²) in [5.41, 5.74) is 0.682. The molecule has 0 radical (unpaired) electrons. The summed E-state index contributed by atoms with van der Waals surface area (Å²) in [6, 6.07) is 6.67. The van der Waals surface area contributed by atoms with Crippen molar-refractivity contribution >= 4 is 5.97 Å². The van der Waals surface area contributed by atoms with Crippen molar-refractivity contribution in [3.8, 4) is 0 Å². The Morgan fingerprint density at radius 1 is 1.29 bits per heavy atom. The maximum atomic E-state index is 11.6. The average molecular weight is 232 g/mol. The first-order chi connectivity index (χ1) is 8.09. The molecule has 5 heteroatoms. The van der Waals surface area contributed by atoms with Crippen molar-refractivity contribution in [3.63, 3.8) is 0 Å². The van der Waals surface area contributed by atoms with Crippen LogP contribution in [0.25, 0.3) is 0 Å². The number of benzene rings is 1. The van der Waals surface area contributed by atoms with Gasteiger partial charge in [-0.15, -0.1) is 0 Å². The number of nitrogens with zero attached hydrogens (tertiary/aromatic N) is 2. The van der Waals surface area contributed by atoms with Crippen molar-refractivity contribution in [3.05, 3.63) is 58.3 Å². The minimum Gasteiger partial charge on any atom is -0.478 e. The van der Waals surface area contributed by atoms with Gasteiger partial charge in [0.05, 0.1) is 12.1 Å². The lowest BCUT2D eigenvalue weighted by Gasteiger charge is -2.05. The predicted molar refractivity (Wildman–Crippen MR) is 62.2 cm³/mol.